The van der Waals surface area contributed by atoms with Crippen LogP contribution in [0.4, 0.5) is 0 Å². The van der Waals surface area contributed by atoms with Crippen molar-refractivity contribution < 1.29 is 19.4 Å². The summed E-state index contributed by atoms with van der Waals surface area (Å²) in [5.74, 6) is -1.32. The van der Waals surface area contributed by atoms with Gasteiger partial charge in [0.1, 0.15) is 5.60 Å². The molecule has 4 atom stereocenters. The van der Waals surface area contributed by atoms with E-state index in [0.717, 1.165) is 5.69 Å². The first kappa shape index (κ1) is 17.1. The molecule has 3 aliphatic heterocycles. The molecule has 2 bridgehead atoms. The summed E-state index contributed by atoms with van der Waals surface area (Å²) in [6, 6.07) is 0. The number of hydrogen-bond donors (Lipinski definition) is 1. The Balaban J connectivity index is 1.57. The molecule has 1 spiro atoms. The van der Waals surface area contributed by atoms with Gasteiger partial charge in [-0.3, -0.25) is 19.6 Å². The van der Waals surface area contributed by atoms with Crippen LogP contribution in [0.15, 0.2) is 24.5 Å². The third kappa shape index (κ3) is 2.52. The summed E-state index contributed by atoms with van der Waals surface area (Å²) >= 11 is 0. The molecule has 1 N–H and O–H groups in total. The number of likely N-dealkylation sites (tertiary alicyclic amines) is 1. The number of aryl methyl sites for hydroxylation is 1. The Labute approximate surface area is 151 Å². The van der Waals surface area contributed by atoms with Gasteiger partial charge in [-0.15, -0.1) is 0 Å². The van der Waals surface area contributed by atoms with Crippen LogP contribution < -0.4 is 0 Å². The zero-order chi connectivity index (χ0) is 18.5. The van der Waals surface area contributed by atoms with E-state index in [0.29, 0.717) is 18.8 Å². The van der Waals surface area contributed by atoms with E-state index in [4.69, 9.17) is 9.84 Å². The van der Waals surface area contributed by atoms with Crippen molar-refractivity contribution in [3.8, 4) is 0 Å². The maximum absolute atomic E-state index is 13.1. The number of ether oxygens (including phenoxy) is 1. The Bertz CT molecular complexity index is 765. The molecule has 0 radical (unpaired) electrons. The van der Waals surface area contributed by atoms with E-state index in [2.05, 4.69) is 9.97 Å². The molecule has 4 heterocycles. The molecule has 3 aliphatic rings. The average molecular weight is 358 g/mol. The second-order valence-electron chi connectivity index (χ2n) is 7.23. The molecule has 8 heteroatoms. The minimum Gasteiger partial charge on any atom is -0.395 e. The average Bonchev–Trinajstić information content (AvgIpc) is 3.25. The Morgan fingerprint density at radius 1 is 1.46 bits per heavy atom. The van der Waals surface area contributed by atoms with Gasteiger partial charge in [-0.2, -0.15) is 0 Å². The van der Waals surface area contributed by atoms with Crippen LogP contribution in [0.1, 0.15) is 11.4 Å². The normalized spacial score (nSPS) is 31.6. The number of nitrogens with zero attached hydrogens (tertiary/aromatic N) is 4. The summed E-state index contributed by atoms with van der Waals surface area (Å²) in [5.41, 5.74) is 0.791. The molecule has 1 aromatic rings. The maximum Gasteiger partial charge on any atom is 0.230 e. The smallest absolute Gasteiger partial charge is 0.230 e. The van der Waals surface area contributed by atoms with Crippen LogP contribution in [0.2, 0.25) is 0 Å². The molecule has 2 saturated heterocycles. The molecule has 4 rings (SSSR count). The van der Waals surface area contributed by atoms with Crippen LogP contribution in [-0.4, -0.2) is 75.1 Å². The van der Waals surface area contributed by atoms with Crippen molar-refractivity contribution in [2.75, 3.05) is 26.7 Å². The van der Waals surface area contributed by atoms with E-state index in [1.807, 2.05) is 19.1 Å². The maximum atomic E-state index is 13.1. The summed E-state index contributed by atoms with van der Waals surface area (Å²) < 4.78 is 6.08. The summed E-state index contributed by atoms with van der Waals surface area (Å²) in [6.45, 7) is 2.74. The van der Waals surface area contributed by atoms with E-state index < -0.39 is 17.4 Å². The highest BCUT2D eigenvalue weighted by atomic mass is 16.5. The van der Waals surface area contributed by atoms with Crippen molar-refractivity contribution >= 4 is 11.8 Å². The molecule has 2 unspecified atom stereocenters. The molecular formula is C18H22N4O4. The summed E-state index contributed by atoms with van der Waals surface area (Å²) in [4.78, 5) is 37.6. The molecule has 26 heavy (non-hydrogen) atoms. The fourth-order valence-corrected chi connectivity index (χ4v) is 4.21. The molecule has 0 saturated carbocycles. The Kier molecular flexibility index (Phi) is 4.04. The number of aromatic nitrogens is 2. The first-order chi connectivity index (χ1) is 12.4. The Hall–Kier alpha value is -2.32. The Morgan fingerprint density at radius 2 is 2.27 bits per heavy atom. The van der Waals surface area contributed by atoms with Crippen LogP contribution in [0.5, 0.6) is 0 Å². The van der Waals surface area contributed by atoms with E-state index in [1.54, 1.807) is 24.3 Å². The van der Waals surface area contributed by atoms with Crippen LogP contribution in [0, 0.1) is 18.8 Å². The zero-order valence-electron chi connectivity index (χ0n) is 14.8. The topological polar surface area (TPSA) is 95.9 Å². The van der Waals surface area contributed by atoms with Gasteiger partial charge in [-0.05, 0) is 6.92 Å². The number of amides is 2. The lowest BCUT2D eigenvalue weighted by molar-refractivity contribution is -0.142. The van der Waals surface area contributed by atoms with Gasteiger partial charge in [0.15, 0.2) is 0 Å². The second-order valence-corrected chi connectivity index (χ2v) is 7.23. The van der Waals surface area contributed by atoms with Crippen LogP contribution in [-0.2, 0) is 20.9 Å². The highest BCUT2D eigenvalue weighted by Crippen LogP contribution is 2.52. The van der Waals surface area contributed by atoms with Gasteiger partial charge in [0.25, 0.3) is 0 Å². The zero-order valence-corrected chi connectivity index (χ0v) is 14.8. The lowest BCUT2D eigenvalue weighted by Gasteiger charge is -2.27. The monoisotopic (exact) mass is 358 g/mol. The molecule has 0 aliphatic carbocycles. The number of carbonyl (C=O) groups is 2. The fraction of sp³-hybridized carbons (Fsp3) is 0.556. The highest BCUT2D eigenvalue weighted by Gasteiger charge is 2.67. The van der Waals surface area contributed by atoms with Gasteiger partial charge in [0.05, 0.1) is 55.2 Å². The van der Waals surface area contributed by atoms with Gasteiger partial charge in [-0.1, -0.05) is 12.2 Å². The first-order valence-corrected chi connectivity index (χ1v) is 8.74. The van der Waals surface area contributed by atoms with Crippen molar-refractivity contribution in [1.82, 2.24) is 19.8 Å². The summed E-state index contributed by atoms with van der Waals surface area (Å²) in [5, 5.41) is 9.10. The standard InChI is InChI=1S/C18H22N4O4/c1-11-7-20-12(8-19-11)9-22-10-18-4-3-13(26-18)14(15(18)17(22)25)16(24)21(2)5-6-23/h3-4,7-8,13-15,23H,5-6,9-10H2,1-2H3/t13-,14?,15?,18-/m1/s1. The predicted molar refractivity (Wildman–Crippen MR) is 90.6 cm³/mol. The third-order valence-electron chi connectivity index (χ3n) is 5.46. The summed E-state index contributed by atoms with van der Waals surface area (Å²) in [7, 11) is 1.64. The molecule has 0 aromatic carbocycles. The molecule has 2 fully saturated rings. The number of fused-ring (bicyclic) bond motifs is 1. The predicted octanol–water partition coefficient (Wildman–Crippen LogP) is -0.482. The minimum absolute atomic E-state index is 0.0880. The number of hydrogen-bond acceptors (Lipinski definition) is 6. The highest BCUT2D eigenvalue weighted by molar-refractivity contribution is 5.92. The van der Waals surface area contributed by atoms with Crippen molar-refractivity contribution in [3.05, 3.63) is 35.9 Å². The van der Waals surface area contributed by atoms with Crippen LogP contribution in [0.3, 0.4) is 0 Å². The second kappa shape index (κ2) is 6.14. The van der Waals surface area contributed by atoms with Crippen molar-refractivity contribution in [2.45, 2.75) is 25.2 Å². The van der Waals surface area contributed by atoms with Gasteiger partial charge in [0.2, 0.25) is 11.8 Å². The number of aliphatic hydroxyl groups excluding tert-OH is 1. The van der Waals surface area contributed by atoms with E-state index in [1.165, 1.54) is 4.90 Å². The Morgan fingerprint density at radius 3 is 2.96 bits per heavy atom. The van der Waals surface area contributed by atoms with Crippen LogP contribution in [0.25, 0.3) is 0 Å². The quantitative estimate of drug-likeness (QED) is 0.714. The molecular weight excluding hydrogens is 336 g/mol. The number of likely N-dealkylation sites (N-methyl/N-ethyl adjacent to an activating group) is 1. The van der Waals surface area contributed by atoms with Crippen molar-refractivity contribution in [2.24, 2.45) is 11.8 Å². The molecule has 8 nitrogen and oxygen atoms in total. The van der Waals surface area contributed by atoms with Crippen molar-refractivity contribution in [1.29, 1.82) is 0 Å². The van der Waals surface area contributed by atoms with Gasteiger partial charge < -0.3 is 19.6 Å². The minimum atomic E-state index is -0.736. The summed E-state index contributed by atoms with van der Waals surface area (Å²) in [6.07, 6.45) is 6.78. The number of carbonyl (C=O) groups excluding carboxylic acids is 2. The molecule has 2 amide bonds. The first-order valence-electron chi connectivity index (χ1n) is 8.74. The fourth-order valence-electron chi connectivity index (χ4n) is 4.21. The van der Waals surface area contributed by atoms with Crippen LogP contribution >= 0.6 is 0 Å². The lowest BCUT2D eigenvalue weighted by atomic mass is 9.76. The van der Waals surface area contributed by atoms with Crippen molar-refractivity contribution in [3.63, 3.8) is 0 Å². The number of rotatable bonds is 5. The molecule has 138 valence electrons. The molecule has 1 aromatic heterocycles. The van der Waals surface area contributed by atoms with E-state index in [-0.39, 0.29) is 31.1 Å². The van der Waals surface area contributed by atoms with Gasteiger partial charge >= 0.3 is 0 Å². The lowest BCUT2D eigenvalue weighted by Crippen LogP contribution is -2.45. The SMILES string of the molecule is Cc1cnc(CN2C[C@@]34C=C[C@@H](O3)C(C(=O)N(C)CCO)C4C2=O)cn1. The number of aliphatic hydroxyl groups is 1. The van der Waals surface area contributed by atoms with Gasteiger partial charge in [-0.25, -0.2) is 0 Å². The van der Waals surface area contributed by atoms with E-state index >= 15 is 0 Å². The largest absolute Gasteiger partial charge is 0.395 e. The third-order valence-corrected chi connectivity index (χ3v) is 5.46. The van der Waals surface area contributed by atoms with Gasteiger partial charge in [0, 0.05) is 19.8 Å². The van der Waals surface area contributed by atoms with E-state index in [9.17, 15) is 9.59 Å².